The van der Waals surface area contributed by atoms with Gasteiger partial charge in [0, 0.05) is 18.7 Å². The van der Waals surface area contributed by atoms with E-state index in [1.54, 1.807) is 0 Å². The lowest BCUT2D eigenvalue weighted by Gasteiger charge is -2.11. The molecule has 1 unspecified atom stereocenters. The molecule has 0 radical (unpaired) electrons. The van der Waals surface area contributed by atoms with Gasteiger partial charge in [-0.25, -0.2) is 0 Å². The van der Waals surface area contributed by atoms with Crippen molar-refractivity contribution in [2.45, 2.75) is 25.6 Å². The van der Waals surface area contributed by atoms with E-state index in [1.807, 2.05) is 0 Å². The van der Waals surface area contributed by atoms with Crippen LogP contribution in [0.1, 0.15) is 18.1 Å². The Hall–Kier alpha value is -2.27. The molecule has 0 fully saturated rings. The second kappa shape index (κ2) is 7.33. The molecule has 128 valence electrons. The first-order chi connectivity index (χ1) is 10.5. The maximum Gasteiger partial charge on any atom is 0.416 e. The maximum atomic E-state index is 12.7. The standard InChI is InChI=1S/C12H14F3N3O5/c1-7(19)6-16-3-2-9-10(17(20)21)4-8(12(13,14)15)5-11(9)18(22)23/h4-5,7,16,19H,2-3,6H2,1H3. The molecule has 0 aliphatic heterocycles. The largest absolute Gasteiger partial charge is 0.416 e. The van der Waals surface area contributed by atoms with Crippen LogP contribution in [-0.4, -0.2) is 34.1 Å². The number of benzene rings is 1. The van der Waals surface area contributed by atoms with Gasteiger partial charge in [-0.2, -0.15) is 13.2 Å². The number of nitro groups is 2. The maximum absolute atomic E-state index is 12.7. The summed E-state index contributed by atoms with van der Waals surface area (Å²) in [4.78, 5) is 19.8. The SMILES string of the molecule is CC(O)CNCCc1c([N+](=O)[O-])cc(C(F)(F)F)cc1[N+](=O)[O-]. The van der Waals surface area contributed by atoms with Crippen molar-refractivity contribution < 1.29 is 28.1 Å². The lowest BCUT2D eigenvalue weighted by molar-refractivity contribution is -0.395. The molecule has 0 saturated heterocycles. The number of hydrogen-bond acceptors (Lipinski definition) is 6. The van der Waals surface area contributed by atoms with Gasteiger partial charge in [0.1, 0.15) is 5.56 Å². The van der Waals surface area contributed by atoms with Gasteiger partial charge in [-0.15, -0.1) is 0 Å². The van der Waals surface area contributed by atoms with E-state index in [4.69, 9.17) is 5.11 Å². The van der Waals surface area contributed by atoms with Crippen LogP contribution in [0.25, 0.3) is 0 Å². The molecule has 0 spiro atoms. The van der Waals surface area contributed by atoms with E-state index >= 15 is 0 Å². The van der Waals surface area contributed by atoms with Crippen molar-refractivity contribution in [1.29, 1.82) is 0 Å². The van der Waals surface area contributed by atoms with Gasteiger partial charge in [-0.3, -0.25) is 20.2 Å². The fourth-order valence-corrected chi connectivity index (χ4v) is 1.91. The number of rotatable bonds is 7. The van der Waals surface area contributed by atoms with Crippen molar-refractivity contribution >= 4 is 11.4 Å². The number of aliphatic hydroxyl groups excluding tert-OH is 1. The van der Waals surface area contributed by atoms with Crippen LogP contribution in [0.2, 0.25) is 0 Å². The zero-order valence-corrected chi connectivity index (χ0v) is 12.0. The average Bonchev–Trinajstić information content (AvgIpc) is 2.41. The quantitative estimate of drug-likeness (QED) is 0.446. The predicted molar refractivity (Wildman–Crippen MR) is 73.0 cm³/mol. The number of hydrogen-bond donors (Lipinski definition) is 2. The molecule has 2 N–H and O–H groups in total. The first-order valence-electron chi connectivity index (χ1n) is 6.45. The zero-order chi connectivity index (χ0) is 17.8. The van der Waals surface area contributed by atoms with Crippen molar-refractivity contribution in [3.63, 3.8) is 0 Å². The Morgan fingerprint density at radius 3 is 2.04 bits per heavy atom. The van der Waals surface area contributed by atoms with E-state index in [0.717, 1.165) is 0 Å². The van der Waals surface area contributed by atoms with Crippen LogP contribution in [0.3, 0.4) is 0 Å². The lowest BCUT2D eigenvalue weighted by atomic mass is 10.0. The Labute approximate surface area is 128 Å². The van der Waals surface area contributed by atoms with Gasteiger partial charge < -0.3 is 10.4 Å². The molecular formula is C12H14F3N3O5. The summed E-state index contributed by atoms with van der Waals surface area (Å²) in [7, 11) is 0. The van der Waals surface area contributed by atoms with Crippen LogP contribution in [0, 0.1) is 20.2 Å². The van der Waals surface area contributed by atoms with Crippen LogP contribution in [0.15, 0.2) is 12.1 Å². The fourth-order valence-electron chi connectivity index (χ4n) is 1.91. The van der Waals surface area contributed by atoms with Crippen LogP contribution in [-0.2, 0) is 12.6 Å². The Morgan fingerprint density at radius 2 is 1.70 bits per heavy atom. The molecule has 1 atom stereocenters. The average molecular weight is 337 g/mol. The highest BCUT2D eigenvalue weighted by Crippen LogP contribution is 2.38. The monoisotopic (exact) mass is 337 g/mol. The number of nitrogens with zero attached hydrogens (tertiary/aromatic N) is 2. The van der Waals surface area contributed by atoms with Gasteiger partial charge >= 0.3 is 6.18 Å². The second-order valence-corrected chi connectivity index (χ2v) is 4.81. The molecule has 11 heteroatoms. The number of nitrogens with one attached hydrogen (secondary N) is 1. The molecule has 8 nitrogen and oxygen atoms in total. The predicted octanol–water partition coefficient (Wildman–Crippen LogP) is 2.03. The molecule has 1 rings (SSSR count). The highest BCUT2D eigenvalue weighted by molar-refractivity contribution is 5.57. The highest BCUT2D eigenvalue weighted by atomic mass is 19.4. The number of alkyl halides is 3. The van der Waals surface area contributed by atoms with Gasteiger partial charge in [-0.05, 0) is 19.9 Å². The van der Waals surface area contributed by atoms with E-state index in [9.17, 15) is 33.4 Å². The molecule has 0 aliphatic rings. The van der Waals surface area contributed by atoms with Crippen LogP contribution in [0.4, 0.5) is 24.5 Å². The Bertz CT molecular complexity index is 569. The summed E-state index contributed by atoms with van der Waals surface area (Å²) in [5.74, 6) is 0. The molecule has 0 bridgehead atoms. The normalized spacial score (nSPS) is 12.9. The molecule has 0 amide bonds. The molecule has 1 aromatic carbocycles. The van der Waals surface area contributed by atoms with E-state index < -0.39 is 44.6 Å². The van der Waals surface area contributed by atoms with E-state index in [1.165, 1.54) is 6.92 Å². The van der Waals surface area contributed by atoms with Crippen molar-refractivity contribution in [3.8, 4) is 0 Å². The van der Waals surface area contributed by atoms with Crippen molar-refractivity contribution in [2.24, 2.45) is 0 Å². The second-order valence-electron chi connectivity index (χ2n) is 4.81. The minimum absolute atomic E-state index is 0.0257. The molecule has 0 aliphatic carbocycles. The summed E-state index contributed by atoms with van der Waals surface area (Å²) >= 11 is 0. The van der Waals surface area contributed by atoms with E-state index in [2.05, 4.69) is 5.32 Å². The van der Waals surface area contributed by atoms with Crippen LogP contribution < -0.4 is 5.32 Å². The van der Waals surface area contributed by atoms with Gasteiger partial charge in [0.15, 0.2) is 0 Å². The summed E-state index contributed by atoms with van der Waals surface area (Å²) in [5, 5.41) is 33.7. The minimum Gasteiger partial charge on any atom is -0.392 e. The highest BCUT2D eigenvalue weighted by Gasteiger charge is 2.37. The van der Waals surface area contributed by atoms with E-state index in [-0.39, 0.29) is 31.6 Å². The molecular weight excluding hydrogens is 323 g/mol. The molecule has 0 aromatic heterocycles. The molecule has 23 heavy (non-hydrogen) atoms. The van der Waals surface area contributed by atoms with Gasteiger partial charge in [-0.1, -0.05) is 0 Å². The molecule has 0 heterocycles. The third-order valence-electron chi connectivity index (χ3n) is 2.92. The number of nitro benzene ring substituents is 2. The summed E-state index contributed by atoms with van der Waals surface area (Å²) in [6.07, 6.45) is -5.86. The first kappa shape index (κ1) is 18.8. The van der Waals surface area contributed by atoms with Crippen LogP contribution in [0.5, 0.6) is 0 Å². The molecule has 1 aromatic rings. The Kier molecular flexibility index (Phi) is 5.98. The minimum atomic E-state index is -4.93. The van der Waals surface area contributed by atoms with Gasteiger partial charge in [0.05, 0.1) is 21.5 Å². The number of aliphatic hydroxyl groups is 1. The van der Waals surface area contributed by atoms with Crippen LogP contribution >= 0.6 is 0 Å². The Balaban J connectivity index is 3.25. The summed E-state index contributed by atoms with van der Waals surface area (Å²) in [6.45, 7) is 1.65. The third kappa shape index (κ3) is 5.14. The summed E-state index contributed by atoms with van der Waals surface area (Å²) < 4.78 is 38.1. The smallest absolute Gasteiger partial charge is 0.392 e. The van der Waals surface area contributed by atoms with Gasteiger partial charge in [0.2, 0.25) is 0 Å². The van der Waals surface area contributed by atoms with E-state index in [0.29, 0.717) is 0 Å². The first-order valence-corrected chi connectivity index (χ1v) is 6.45. The summed E-state index contributed by atoms with van der Waals surface area (Å²) in [5.41, 5.74) is -3.75. The van der Waals surface area contributed by atoms with Crippen molar-refractivity contribution in [1.82, 2.24) is 5.32 Å². The zero-order valence-electron chi connectivity index (χ0n) is 12.0. The Morgan fingerprint density at radius 1 is 1.22 bits per heavy atom. The topological polar surface area (TPSA) is 119 Å². The molecule has 0 saturated carbocycles. The van der Waals surface area contributed by atoms with Crippen molar-refractivity contribution in [3.05, 3.63) is 43.5 Å². The van der Waals surface area contributed by atoms with Gasteiger partial charge in [0.25, 0.3) is 11.4 Å². The number of halogens is 3. The fraction of sp³-hybridized carbons (Fsp3) is 0.500. The van der Waals surface area contributed by atoms with Crippen molar-refractivity contribution in [2.75, 3.05) is 13.1 Å². The third-order valence-corrected chi connectivity index (χ3v) is 2.92. The summed E-state index contributed by atoms with van der Waals surface area (Å²) in [6, 6.07) is 0.577. The lowest BCUT2D eigenvalue weighted by Crippen LogP contribution is -2.26.